The van der Waals surface area contributed by atoms with Crippen LogP contribution in [0.15, 0.2) is 115 Å². The van der Waals surface area contributed by atoms with E-state index in [1.54, 1.807) is 72.8 Å². The van der Waals surface area contributed by atoms with E-state index >= 15 is 0 Å². The SMILES string of the molecule is [C-]#[N+]c1ccc(C#Cc2ccc(-c3cc([N+](=O)[O-])c(-c4ccc(C#Cc5ccccc5)cc4)cc3[N+](=O)[O-])cc2)cc1. The highest BCUT2D eigenvalue weighted by Gasteiger charge is 2.25. The van der Waals surface area contributed by atoms with Crippen LogP contribution in [0.3, 0.4) is 0 Å². The van der Waals surface area contributed by atoms with E-state index in [1.807, 2.05) is 30.3 Å². The maximum absolute atomic E-state index is 12.1. The van der Waals surface area contributed by atoms with Crippen LogP contribution in [0, 0.1) is 50.5 Å². The first-order valence-electron chi connectivity index (χ1n) is 12.7. The number of rotatable bonds is 4. The van der Waals surface area contributed by atoms with E-state index in [0.29, 0.717) is 27.9 Å². The molecule has 5 aromatic carbocycles. The second-order valence-corrected chi connectivity index (χ2v) is 9.08. The van der Waals surface area contributed by atoms with Crippen LogP contribution in [0.25, 0.3) is 27.1 Å². The van der Waals surface area contributed by atoms with Crippen molar-refractivity contribution in [3.63, 3.8) is 0 Å². The summed E-state index contributed by atoms with van der Waals surface area (Å²) in [4.78, 5) is 26.4. The Kier molecular flexibility index (Phi) is 7.83. The number of nitro groups is 2. The van der Waals surface area contributed by atoms with Crippen LogP contribution in [0.2, 0.25) is 0 Å². The van der Waals surface area contributed by atoms with Gasteiger partial charge in [-0.25, -0.2) is 4.85 Å². The van der Waals surface area contributed by atoms with Gasteiger partial charge in [-0.15, -0.1) is 0 Å². The third-order valence-corrected chi connectivity index (χ3v) is 6.37. The van der Waals surface area contributed by atoms with Gasteiger partial charge in [0.05, 0.1) is 27.5 Å². The number of hydrogen-bond donors (Lipinski definition) is 0. The zero-order valence-corrected chi connectivity index (χ0v) is 21.9. The molecular formula is C35H19N3O4. The molecule has 0 aliphatic rings. The quantitative estimate of drug-likeness (QED) is 0.0985. The van der Waals surface area contributed by atoms with Crippen LogP contribution in [0.1, 0.15) is 22.3 Å². The van der Waals surface area contributed by atoms with E-state index in [2.05, 4.69) is 28.5 Å². The van der Waals surface area contributed by atoms with Crippen LogP contribution in [0.5, 0.6) is 0 Å². The molecule has 42 heavy (non-hydrogen) atoms. The first-order valence-corrected chi connectivity index (χ1v) is 12.7. The van der Waals surface area contributed by atoms with Crippen molar-refractivity contribution in [3.05, 3.63) is 169 Å². The zero-order valence-electron chi connectivity index (χ0n) is 21.9. The van der Waals surface area contributed by atoms with Crippen molar-refractivity contribution < 1.29 is 9.85 Å². The molecule has 0 spiro atoms. The number of benzene rings is 5. The van der Waals surface area contributed by atoms with Gasteiger partial charge in [-0.1, -0.05) is 90.4 Å². The van der Waals surface area contributed by atoms with Gasteiger partial charge in [-0.3, -0.25) is 20.2 Å². The first-order chi connectivity index (χ1) is 20.4. The molecule has 0 saturated carbocycles. The summed E-state index contributed by atoms with van der Waals surface area (Å²) in [6, 6.07) is 32.4. The van der Waals surface area contributed by atoms with E-state index < -0.39 is 9.85 Å². The lowest BCUT2D eigenvalue weighted by Gasteiger charge is -2.09. The van der Waals surface area contributed by atoms with Gasteiger partial charge < -0.3 is 0 Å². The Bertz CT molecular complexity index is 1970. The van der Waals surface area contributed by atoms with Crippen LogP contribution in [-0.2, 0) is 0 Å². The van der Waals surface area contributed by atoms with Gasteiger partial charge in [0.2, 0.25) is 0 Å². The summed E-state index contributed by atoms with van der Waals surface area (Å²) in [6.07, 6.45) is 0. The molecule has 5 rings (SSSR count). The fourth-order valence-electron chi connectivity index (χ4n) is 4.24. The minimum atomic E-state index is -0.539. The molecule has 0 aliphatic heterocycles. The van der Waals surface area contributed by atoms with E-state index in [4.69, 9.17) is 6.57 Å². The lowest BCUT2D eigenvalue weighted by Crippen LogP contribution is -1.98. The average Bonchev–Trinajstić information content (AvgIpc) is 3.03. The smallest absolute Gasteiger partial charge is 0.258 e. The summed E-state index contributed by atoms with van der Waals surface area (Å²) < 4.78 is 0. The van der Waals surface area contributed by atoms with Crippen LogP contribution in [-0.4, -0.2) is 9.85 Å². The molecule has 0 unspecified atom stereocenters. The molecule has 0 aromatic heterocycles. The highest BCUT2D eigenvalue weighted by atomic mass is 16.6. The molecule has 0 aliphatic carbocycles. The number of nitro benzene ring substituents is 2. The molecule has 0 radical (unpaired) electrons. The summed E-state index contributed by atoms with van der Waals surface area (Å²) in [6.45, 7) is 7.03. The van der Waals surface area contributed by atoms with Gasteiger partial charge in [0, 0.05) is 34.4 Å². The van der Waals surface area contributed by atoms with Crippen molar-refractivity contribution in [2.45, 2.75) is 0 Å². The van der Waals surface area contributed by atoms with Gasteiger partial charge in [0.15, 0.2) is 5.69 Å². The van der Waals surface area contributed by atoms with Crippen molar-refractivity contribution in [2.24, 2.45) is 0 Å². The third kappa shape index (κ3) is 6.21. The van der Waals surface area contributed by atoms with E-state index in [-0.39, 0.29) is 22.5 Å². The number of hydrogen-bond acceptors (Lipinski definition) is 4. The normalized spacial score (nSPS) is 9.88. The molecule has 0 atom stereocenters. The Balaban J connectivity index is 1.47. The maximum atomic E-state index is 12.1. The average molecular weight is 546 g/mol. The lowest BCUT2D eigenvalue weighted by molar-refractivity contribution is -0.388. The van der Waals surface area contributed by atoms with Gasteiger partial charge >= 0.3 is 0 Å². The Labute approximate surface area is 241 Å². The summed E-state index contributed by atoms with van der Waals surface area (Å²) in [7, 11) is 0. The molecular weight excluding hydrogens is 526 g/mol. The topological polar surface area (TPSA) is 90.6 Å². The summed E-state index contributed by atoms with van der Waals surface area (Å²) >= 11 is 0. The minimum absolute atomic E-state index is 0.134. The Hall–Kier alpha value is -6.49. The van der Waals surface area contributed by atoms with Crippen LogP contribution < -0.4 is 0 Å². The lowest BCUT2D eigenvalue weighted by atomic mass is 9.95. The highest BCUT2D eigenvalue weighted by Crippen LogP contribution is 2.40. The second-order valence-electron chi connectivity index (χ2n) is 9.08. The summed E-state index contributed by atoms with van der Waals surface area (Å²) in [5.41, 5.74) is 4.20. The predicted octanol–water partition coefficient (Wildman–Crippen LogP) is 8.19. The monoisotopic (exact) mass is 545 g/mol. The van der Waals surface area contributed by atoms with E-state index in [1.165, 1.54) is 12.1 Å². The van der Waals surface area contributed by atoms with E-state index in [0.717, 1.165) is 11.1 Å². The fraction of sp³-hybridized carbons (Fsp3) is 0. The largest absolute Gasteiger partial charge is 0.278 e. The number of nitrogens with zero attached hydrogens (tertiary/aromatic N) is 3. The van der Waals surface area contributed by atoms with Crippen molar-refractivity contribution in [1.29, 1.82) is 0 Å². The summed E-state index contributed by atoms with van der Waals surface area (Å²) in [5, 5.41) is 24.2. The molecule has 198 valence electrons. The van der Waals surface area contributed by atoms with Crippen molar-refractivity contribution in [1.82, 2.24) is 0 Å². The molecule has 0 bridgehead atoms. The maximum Gasteiger partial charge on any atom is 0.278 e. The predicted molar refractivity (Wildman–Crippen MR) is 162 cm³/mol. The Morgan fingerprint density at radius 1 is 0.524 bits per heavy atom. The molecule has 7 nitrogen and oxygen atoms in total. The van der Waals surface area contributed by atoms with Crippen molar-refractivity contribution in [3.8, 4) is 45.9 Å². The van der Waals surface area contributed by atoms with Gasteiger partial charge in [-0.2, -0.15) is 0 Å². The molecule has 7 heteroatoms. The standard InChI is InChI=1S/C35H19N3O4/c1-36-31-21-15-28(16-22-31)10-9-27-13-19-30(20-14-27)33-24-34(37(39)40)32(23-35(33)38(41)42)29-17-11-26(12-18-29)8-7-25-5-3-2-4-6-25/h2-6,11-24H. The van der Waals surface area contributed by atoms with Gasteiger partial charge in [0.1, 0.15) is 0 Å². The molecule has 0 fully saturated rings. The Morgan fingerprint density at radius 3 is 1.24 bits per heavy atom. The molecule has 0 N–H and O–H groups in total. The molecule has 0 saturated heterocycles. The summed E-state index contributed by atoms with van der Waals surface area (Å²) in [5.74, 6) is 12.1. The minimum Gasteiger partial charge on any atom is -0.258 e. The first kappa shape index (κ1) is 27.1. The highest BCUT2D eigenvalue weighted by molar-refractivity contribution is 5.85. The molecule has 0 heterocycles. The fourth-order valence-corrected chi connectivity index (χ4v) is 4.24. The molecule has 0 amide bonds. The second kappa shape index (κ2) is 12.1. The van der Waals surface area contributed by atoms with Crippen molar-refractivity contribution in [2.75, 3.05) is 0 Å². The Morgan fingerprint density at radius 2 is 0.881 bits per heavy atom. The molecule has 5 aromatic rings. The zero-order chi connectivity index (χ0) is 29.5. The van der Waals surface area contributed by atoms with E-state index in [9.17, 15) is 20.2 Å². The van der Waals surface area contributed by atoms with Crippen molar-refractivity contribution >= 4 is 17.1 Å². The van der Waals surface area contributed by atoms with Gasteiger partial charge in [-0.05, 0) is 47.5 Å². The third-order valence-electron chi connectivity index (χ3n) is 6.37. The van der Waals surface area contributed by atoms with Crippen LogP contribution >= 0.6 is 0 Å². The van der Waals surface area contributed by atoms with Crippen LogP contribution in [0.4, 0.5) is 17.1 Å². The van der Waals surface area contributed by atoms with Gasteiger partial charge in [0.25, 0.3) is 11.4 Å².